The van der Waals surface area contributed by atoms with Gasteiger partial charge in [0.05, 0.1) is 6.61 Å². The number of nitrogens with zero attached hydrogens (tertiary/aromatic N) is 1. The Labute approximate surface area is 124 Å². The van der Waals surface area contributed by atoms with Crippen LogP contribution < -0.4 is 4.90 Å². The van der Waals surface area contributed by atoms with E-state index in [4.69, 9.17) is 9.84 Å². The van der Waals surface area contributed by atoms with E-state index in [1.165, 1.54) is 0 Å². The van der Waals surface area contributed by atoms with Gasteiger partial charge in [-0.15, -0.1) is 0 Å². The van der Waals surface area contributed by atoms with Crippen molar-refractivity contribution in [1.29, 1.82) is 0 Å². The molecular formula is C17H19NO3. The molecule has 2 rings (SSSR count). The first-order chi connectivity index (χ1) is 10.3. The number of rotatable bonds is 7. The highest BCUT2D eigenvalue weighted by Crippen LogP contribution is 2.12. The average molecular weight is 285 g/mol. The highest BCUT2D eigenvalue weighted by Gasteiger charge is 2.12. The molecule has 4 nitrogen and oxygen atoms in total. The van der Waals surface area contributed by atoms with E-state index in [9.17, 15) is 4.79 Å². The zero-order valence-electron chi connectivity index (χ0n) is 11.8. The number of para-hydroxylation sites is 1. The predicted octanol–water partition coefficient (Wildman–Crippen LogP) is 2.23. The molecule has 0 bridgehead atoms. The van der Waals surface area contributed by atoms with Crippen LogP contribution in [-0.4, -0.2) is 30.8 Å². The summed E-state index contributed by atoms with van der Waals surface area (Å²) in [5.74, 6) is -0.309. The smallest absolute Gasteiger partial charge is 0.325 e. The summed E-state index contributed by atoms with van der Waals surface area (Å²) in [5.41, 5.74) is 1.85. The molecule has 0 saturated heterocycles. The van der Waals surface area contributed by atoms with Crippen molar-refractivity contribution >= 4 is 11.7 Å². The zero-order valence-corrected chi connectivity index (χ0v) is 11.8. The van der Waals surface area contributed by atoms with Gasteiger partial charge in [-0.1, -0.05) is 48.5 Å². The molecule has 2 aromatic carbocycles. The Balaban J connectivity index is 1.89. The van der Waals surface area contributed by atoms with Gasteiger partial charge in [-0.25, -0.2) is 0 Å². The normalized spacial score (nSPS) is 10.1. The highest BCUT2D eigenvalue weighted by atomic mass is 16.5. The molecule has 0 heterocycles. The number of esters is 1. The van der Waals surface area contributed by atoms with Crippen LogP contribution in [0.1, 0.15) is 5.56 Å². The first-order valence-electron chi connectivity index (χ1n) is 6.90. The predicted molar refractivity (Wildman–Crippen MR) is 82.0 cm³/mol. The van der Waals surface area contributed by atoms with Gasteiger partial charge in [-0.3, -0.25) is 4.79 Å². The van der Waals surface area contributed by atoms with Crippen molar-refractivity contribution in [2.24, 2.45) is 0 Å². The molecule has 0 radical (unpaired) electrons. The fourth-order valence-corrected chi connectivity index (χ4v) is 2.00. The molecule has 2 aromatic rings. The second-order valence-corrected chi connectivity index (χ2v) is 4.63. The van der Waals surface area contributed by atoms with E-state index in [-0.39, 0.29) is 25.7 Å². The van der Waals surface area contributed by atoms with E-state index < -0.39 is 0 Å². The number of benzene rings is 2. The lowest BCUT2D eigenvalue weighted by atomic mass is 10.2. The summed E-state index contributed by atoms with van der Waals surface area (Å²) in [7, 11) is 0. The van der Waals surface area contributed by atoms with Crippen molar-refractivity contribution in [3.8, 4) is 0 Å². The molecule has 0 atom stereocenters. The van der Waals surface area contributed by atoms with Gasteiger partial charge in [-0.05, 0) is 17.7 Å². The monoisotopic (exact) mass is 285 g/mol. The number of aliphatic hydroxyl groups excluding tert-OH is 1. The van der Waals surface area contributed by atoms with Gasteiger partial charge >= 0.3 is 5.97 Å². The summed E-state index contributed by atoms with van der Waals surface area (Å²) in [6.45, 7) is 0.768. The number of carbonyl (C=O) groups is 1. The Kier molecular flexibility index (Phi) is 5.79. The summed E-state index contributed by atoms with van der Waals surface area (Å²) >= 11 is 0. The van der Waals surface area contributed by atoms with Crippen LogP contribution in [0.4, 0.5) is 5.69 Å². The largest absolute Gasteiger partial charge is 0.459 e. The Morgan fingerprint density at radius 3 is 2.24 bits per heavy atom. The van der Waals surface area contributed by atoms with Crippen LogP contribution >= 0.6 is 0 Å². The maximum absolute atomic E-state index is 11.9. The Bertz CT molecular complexity index is 542. The van der Waals surface area contributed by atoms with Crippen molar-refractivity contribution in [3.05, 3.63) is 66.2 Å². The molecule has 0 aromatic heterocycles. The van der Waals surface area contributed by atoms with Crippen LogP contribution in [0.25, 0.3) is 0 Å². The number of hydrogen-bond acceptors (Lipinski definition) is 4. The third kappa shape index (κ3) is 4.93. The van der Waals surface area contributed by atoms with E-state index in [0.717, 1.165) is 11.3 Å². The topological polar surface area (TPSA) is 49.8 Å². The standard InChI is InChI=1S/C17H19NO3/c19-12-11-18(16-9-5-2-6-10-16)13-17(20)21-14-15-7-3-1-4-8-15/h1-10,19H,11-14H2. The average Bonchev–Trinajstić information content (AvgIpc) is 2.54. The summed E-state index contributed by atoms with van der Waals surface area (Å²) in [5, 5.41) is 9.13. The highest BCUT2D eigenvalue weighted by molar-refractivity contribution is 5.75. The maximum Gasteiger partial charge on any atom is 0.325 e. The third-order valence-electron chi connectivity index (χ3n) is 3.05. The number of ether oxygens (including phenoxy) is 1. The van der Waals surface area contributed by atoms with Crippen molar-refractivity contribution in [3.63, 3.8) is 0 Å². The molecule has 0 fully saturated rings. The van der Waals surface area contributed by atoms with Crippen molar-refractivity contribution in [2.45, 2.75) is 6.61 Å². The summed E-state index contributed by atoms with van der Waals surface area (Å²) < 4.78 is 5.26. The molecular weight excluding hydrogens is 266 g/mol. The third-order valence-corrected chi connectivity index (χ3v) is 3.05. The van der Waals surface area contributed by atoms with E-state index in [1.54, 1.807) is 4.90 Å². The molecule has 0 saturated carbocycles. The van der Waals surface area contributed by atoms with Gasteiger partial charge in [0.15, 0.2) is 0 Å². The van der Waals surface area contributed by atoms with Gasteiger partial charge in [0.25, 0.3) is 0 Å². The molecule has 0 aliphatic rings. The number of carbonyl (C=O) groups excluding carboxylic acids is 1. The van der Waals surface area contributed by atoms with Gasteiger partial charge in [0.2, 0.25) is 0 Å². The lowest BCUT2D eigenvalue weighted by Gasteiger charge is -2.22. The Morgan fingerprint density at radius 1 is 1.00 bits per heavy atom. The summed E-state index contributed by atoms with van der Waals surface area (Å²) in [4.78, 5) is 13.7. The van der Waals surface area contributed by atoms with Crippen LogP contribution in [0.15, 0.2) is 60.7 Å². The van der Waals surface area contributed by atoms with E-state index in [2.05, 4.69) is 0 Å². The van der Waals surface area contributed by atoms with Crippen LogP contribution in [-0.2, 0) is 16.1 Å². The second kappa shape index (κ2) is 8.07. The van der Waals surface area contributed by atoms with Crippen molar-refractivity contribution in [1.82, 2.24) is 0 Å². The molecule has 0 unspecified atom stereocenters. The maximum atomic E-state index is 11.9. The number of anilines is 1. The van der Waals surface area contributed by atoms with Gasteiger partial charge in [0.1, 0.15) is 13.2 Å². The summed E-state index contributed by atoms with van der Waals surface area (Å²) in [6, 6.07) is 19.1. The first kappa shape index (κ1) is 15.1. The quantitative estimate of drug-likeness (QED) is 0.793. The fraction of sp³-hybridized carbons (Fsp3) is 0.235. The molecule has 0 aliphatic carbocycles. The minimum Gasteiger partial charge on any atom is -0.459 e. The minimum absolute atomic E-state index is 0.0130. The van der Waals surface area contributed by atoms with Gasteiger partial charge < -0.3 is 14.7 Å². The lowest BCUT2D eigenvalue weighted by molar-refractivity contribution is -0.143. The summed E-state index contributed by atoms with van der Waals surface area (Å²) in [6.07, 6.45) is 0. The van der Waals surface area contributed by atoms with Gasteiger partial charge in [-0.2, -0.15) is 0 Å². The van der Waals surface area contributed by atoms with Crippen molar-refractivity contribution in [2.75, 3.05) is 24.6 Å². The van der Waals surface area contributed by atoms with Crippen LogP contribution in [0.5, 0.6) is 0 Å². The second-order valence-electron chi connectivity index (χ2n) is 4.63. The molecule has 0 spiro atoms. The lowest BCUT2D eigenvalue weighted by Crippen LogP contribution is -2.33. The van der Waals surface area contributed by atoms with E-state index in [0.29, 0.717) is 6.54 Å². The molecule has 0 amide bonds. The van der Waals surface area contributed by atoms with Gasteiger partial charge in [0, 0.05) is 12.2 Å². The van der Waals surface area contributed by atoms with Crippen LogP contribution in [0.3, 0.4) is 0 Å². The Hall–Kier alpha value is -2.33. The minimum atomic E-state index is -0.309. The SMILES string of the molecule is O=C(CN(CCO)c1ccccc1)OCc1ccccc1. The molecule has 4 heteroatoms. The van der Waals surface area contributed by atoms with Crippen LogP contribution in [0, 0.1) is 0 Å². The molecule has 110 valence electrons. The van der Waals surface area contributed by atoms with E-state index in [1.807, 2.05) is 60.7 Å². The van der Waals surface area contributed by atoms with Crippen molar-refractivity contribution < 1.29 is 14.6 Å². The molecule has 1 N–H and O–H groups in total. The molecule has 21 heavy (non-hydrogen) atoms. The number of aliphatic hydroxyl groups is 1. The first-order valence-corrected chi connectivity index (χ1v) is 6.90. The molecule has 0 aliphatic heterocycles. The fourth-order valence-electron chi connectivity index (χ4n) is 2.00. The van der Waals surface area contributed by atoms with E-state index >= 15 is 0 Å². The number of hydrogen-bond donors (Lipinski definition) is 1. The zero-order chi connectivity index (χ0) is 14.9. The Morgan fingerprint density at radius 2 is 1.62 bits per heavy atom. The van der Waals surface area contributed by atoms with Crippen LogP contribution in [0.2, 0.25) is 0 Å².